The van der Waals surface area contributed by atoms with Gasteiger partial charge in [0.1, 0.15) is 12.2 Å². The normalized spacial score (nSPS) is 10.8. The molecule has 0 atom stereocenters. The SMILES string of the molecule is CCc1ncnn1C(C)C. The van der Waals surface area contributed by atoms with Gasteiger partial charge in [-0.3, -0.25) is 0 Å². The lowest BCUT2D eigenvalue weighted by Gasteiger charge is -2.06. The standard InChI is InChI=1S/C7H13N3/c1-4-7-8-5-9-10(7)6(2)3/h5-6H,4H2,1-3H3. The molecule has 0 unspecified atom stereocenters. The minimum Gasteiger partial charge on any atom is -0.248 e. The maximum absolute atomic E-state index is 4.11. The highest BCUT2D eigenvalue weighted by Gasteiger charge is 2.03. The highest BCUT2D eigenvalue weighted by molar-refractivity contribution is 4.84. The first-order valence-corrected chi connectivity index (χ1v) is 3.64. The lowest BCUT2D eigenvalue weighted by Crippen LogP contribution is -2.06. The Kier molecular flexibility index (Phi) is 2.04. The van der Waals surface area contributed by atoms with Crippen LogP contribution in [0, 0.1) is 0 Å². The van der Waals surface area contributed by atoms with Crippen LogP contribution in [0.15, 0.2) is 6.33 Å². The van der Waals surface area contributed by atoms with Crippen molar-refractivity contribution in [1.29, 1.82) is 0 Å². The van der Waals surface area contributed by atoms with Crippen molar-refractivity contribution >= 4 is 0 Å². The second-order valence-electron chi connectivity index (χ2n) is 2.57. The van der Waals surface area contributed by atoms with Crippen LogP contribution in [0.2, 0.25) is 0 Å². The van der Waals surface area contributed by atoms with Crippen molar-refractivity contribution < 1.29 is 0 Å². The molecule has 3 nitrogen and oxygen atoms in total. The molecule has 0 fully saturated rings. The maximum Gasteiger partial charge on any atom is 0.138 e. The van der Waals surface area contributed by atoms with Crippen molar-refractivity contribution in [2.45, 2.75) is 33.2 Å². The van der Waals surface area contributed by atoms with Gasteiger partial charge < -0.3 is 0 Å². The van der Waals surface area contributed by atoms with Crippen LogP contribution in [-0.4, -0.2) is 14.8 Å². The summed E-state index contributed by atoms with van der Waals surface area (Å²) in [5.74, 6) is 1.06. The molecule has 0 saturated carbocycles. The number of aromatic nitrogens is 3. The summed E-state index contributed by atoms with van der Waals surface area (Å²) in [4.78, 5) is 4.11. The predicted molar refractivity (Wildman–Crippen MR) is 39.8 cm³/mol. The smallest absolute Gasteiger partial charge is 0.138 e. The highest BCUT2D eigenvalue weighted by atomic mass is 15.3. The predicted octanol–water partition coefficient (Wildman–Crippen LogP) is 1.42. The van der Waals surface area contributed by atoms with Gasteiger partial charge in [-0.2, -0.15) is 5.10 Å². The molecule has 0 aliphatic carbocycles. The van der Waals surface area contributed by atoms with E-state index in [0.717, 1.165) is 12.2 Å². The second kappa shape index (κ2) is 2.82. The van der Waals surface area contributed by atoms with Crippen molar-refractivity contribution in [2.75, 3.05) is 0 Å². The molecule has 1 aromatic rings. The van der Waals surface area contributed by atoms with Crippen LogP contribution in [0.1, 0.15) is 32.6 Å². The Labute approximate surface area is 61.1 Å². The average molecular weight is 139 g/mol. The molecule has 0 aliphatic heterocycles. The summed E-state index contributed by atoms with van der Waals surface area (Å²) in [6, 6.07) is 0.428. The van der Waals surface area contributed by atoms with Crippen LogP contribution in [0.4, 0.5) is 0 Å². The summed E-state index contributed by atoms with van der Waals surface area (Å²) < 4.78 is 1.94. The largest absolute Gasteiger partial charge is 0.248 e. The zero-order valence-electron chi connectivity index (χ0n) is 6.70. The van der Waals surface area contributed by atoms with Gasteiger partial charge in [0.15, 0.2) is 0 Å². The van der Waals surface area contributed by atoms with Gasteiger partial charge in [-0.15, -0.1) is 0 Å². The highest BCUT2D eigenvalue weighted by Crippen LogP contribution is 2.04. The Morgan fingerprint density at radius 1 is 1.60 bits per heavy atom. The Hall–Kier alpha value is -0.860. The summed E-state index contributed by atoms with van der Waals surface area (Å²) in [6.45, 7) is 6.30. The number of nitrogens with zero attached hydrogens (tertiary/aromatic N) is 3. The van der Waals surface area contributed by atoms with Gasteiger partial charge in [-0.25, -0.2) is 9.67 Å². The van der Waals surface area contributed by atoms with Gasteiger partial charge in [-0.1, -0.05) is 6.92 Å². The topological polar surface area (TPSA) is 30.7 Å². The van der Waals surface area contributed by atoms with Gasteiger partial charge in [0.05, 0.1) is 0 Å². The van der Waals surface area contributed by atoms with Crippen LogP contribution in [0.25, 0.3) is 0 Å². The van der Waals surface area contributed by atoms with Crippen LogP contribution >= 0.6 is 0 Å². The van der Waals surface area contributed by atoms with Crippen molar-refractivity contribution in [2.24, 2.45) is 0 Å². The van der Waals surface area contributed by atoms with E-state index in [1.165, 1.54) is 0 Å². The fourth-order valence-corrected chi connectivity index (χ4v) is 0.959. The van der Waals surface area contributed by atoms with E-state index in [1.807, 2.05) is 4.68 Å². The molecule has 1 heterocycles. The number of hydrogen-bond acceptors (Lipinski definition) is 2. The summed E-state index contributed by atoms with van der Waals surface area (Å²) in [5.41, 5.74) is 0. The summed E-state index contributed by atoms with van der Waals surface area (Å²) in [7, 11) is 0. The lowest BCUT2D eigenvalue weighted by atomic mass is 10.4. The van der Waals surface area contributed by atoms with E-state index in [9.17, 15) is 0 Å². The molecule has 0 amide bonds. The van der Waals surface area contributed by atoms with Crippen molar-refractivity contribution in [1.82, 2.24) is 14.8 Å². The number of aryl methyl sites for hydroxylation is 1. The van der Waals surface area contributed by atoms with Crippen LogP contribution in [-0.2, 0) is 6.42 Å². The van der Waals surface area contributed by atoms with Gasteiger partial charge >= 0.3 is 0 Å². The van der Waals surface area contributed by atoms with E-state index < -0.39 is 0 Å². The number of hydrogen-bond donors (Lipinski definition) is 0. The minimum absolute atomic E-state index is 0.428. The fourth-order valence-electron chi connectivity index (χ4n) is 0.959. The molecular formula is C7H13N3. The first kappa shape index (κ1) is 7.25. The molecule has 0 bridgehead atoms. The summed E-state index contributed by atoms with van der Waals surface area (Å²) in [5, 5.41) is 4.09. The fraction of sp³-hybridized carbons (Fsp3) is 0.714. The van der Waals surface area contributed by atoms with E-state index >= 15 is 0 Å². The lowest BCUT2D eigenvalue weighted by molar-refractivity contribution is 0.508. The molecule has 0 saturated heterocycles. The Morgan fingerprint density at radius 3 is 2.70 bits per heavy atom. The molecular weight excluding hydrogens is 126 g/mol. The minimum atomic E-state index is 0.428. The maximum atomic E-state index is 4.11. The monoisotopic (exact) mass is 139 g/mol. The molecule has 0 aliphatic rings. The summed E-state index contributed by atoms with van der Waals surface area (Å²) >= 11 is 0. The second-order valence-corrected chi connectivity index (χ2v) is 2.57. The molecule has 0 spiro atoms. The Morgan fingerprint density at radius 2 is 2.30 bits per heavy atom. The molecule has 56 valence electrons. The Balaban J connectivity index is 2.90. The first-order chi connectivity index (χ1) is 4.75. The van der Waals surface area contributed by atoms with Gasteiger partial charge in [0, 0.05) is 12.5 Å². The first-order valence-electron chi connectivity index (χ1n) is 3.64. The van der Waals surface area contributed by atoms with Crippen LogP contribution in [0.3, 0.4) is 0 Å². The zero-order chi connectivity index (χ0) is 7.56. The van der Waals surface area contributed by atoms with Crippen LogP contribution < -0.4 is 0 Å². The average Bonchev–Trinajstić information content (AvgIpc) is 2.33. The summed E-state index contributed by atoms with van der Waals surface area (Å²) in [6.07, 6.45) is 2.57. The third-order valence-corrected chi connectivity index (χ3v) is 1.45. The van der Waals surface area contributed by atoms with E-state index in [1.54, 1.807) is 6.33 Å². The third-order valence-electron chi connectivity index (χ3n) is 1.45. The molecule has 1 rings (SSSR count). The molecule has 0 aromatic carbocycles. The van der Waals surface area contributed by atoms with E-state index in [0.29, 0.717) is 6.04 Å². The van der Waals surface area contributed by atoms with Gasteiger partial charge in [0.2, 0.25) is 0 Å². The molecule has 0 N–H and O–H groups in total. The molecule has 3 heteroatoms. The Bertz CT molecular complexity index is 202. The van der Waals surface area contributed by atoms with Gasteiger partial charge in [0.25, 0.3) is 0 Å². The van der Waals surface area contributed by atoms with Crippen molar-refractivity contribution in [3.63, 3.8) is 0 Å². The number of rotatable bonds is 2. The van der Waals surface area contributed by atoms with Gasteiger partial charge in [-0.05, 0) is 13.8 Å². The zero-order valence-corrected chi connectivity index (χ0v) is 6.70. The molecule has 1 aromatic heterocycles. The molecule has 10 heavy (non-hydrogen) atoms. The molecule has 0 radical (unpaired) electrons. The third kappa shape index (κ3) is 1.17. The quantitative estimate of drug-likeness (QED) is 0.620. The van der Waals surface area contributed by atoms with Crippen molar-refractivity contribution in [3.8, 4) is 0 Å². The van der Waals surface area contributed by atoms with Crippen LogP contribution in [0.5, 0.6) is 0 Å². The van der Waals surface area contributed by atoms with Crippen molar-refractivity contribution in [3.05, 3.63) is 12.2 Å². The van der Waals surface area contributed by atoms with E-state index in [2.05, 4.69) is 30.9 Å². The van der Waals surface area contributed by atoms with E-state index in [-0.39, 0.29) is 0 Å². The van der Waals surface area contributed by atoms with E-state index in [4.69, 9.17) is 0 Å².